The van der Waals surface area contributed by atoms with Gasteiger partial charge in [0, 0.05) is 11.6 Å². The van der Waals surface area contributed by atoms with E-state index in [0.717, 1.165) is 12.8 Å². The number of hydrogen-bond donors (Lipinski definition) is 0. The summed E-state index contributed by atoms with van der Waals surface area (Å²) in [6.07, 6.45) is 6.51. The Labute approximate surface area is 90.5 Å². The summed E-state index contributed by atoms with van der Waals surface area (Å²) < 4.78 is 4.45. The van der Waals surface area contributed by atoms with E-state index in [4.69, 9.17) is 0 Å². The van der Waals surface area contributed by atoms with Gasteiger partial charge in [0.05, 0.1) is 0 Å². The van der Waals surface area contributed by atoms with Crippen molar-refractivity contribution in [2.45, 2.75) is 46.0 Å². The van der Waals surface area contributed by atoms with Crippen molar-refractivity contribution in [3.8, 4) is 0 Å². The van der Waals surface area contributed by atoms with Gasteiger partial charge in [0.1, 0.15) is 0 Å². The number of unbranched alkanes of at least 4 members (excludes halogenated alkanes) is 1. The molecule has 0 aromatic carbocycles. The molecule has 3 nitrogen and oxygen atoms in total. The maximum Gasteiger partial charge on any atom is 0.342 e. The molecule has 1 rings (SSSR count). The van der Waals surface area contributed by atoms with Crippen molar-refractivity contribution in [1.29, 1.82) is 0 Å². The van der Waals surface area contributed by atoms with Crippen LogP contribution >= 0.6 is 0 Å². The lowest BCUT2D eigenvalue weighted by Crippen LogP contribution is -2.07. The van der Waals surface area contributed by atoms with E-state index in [1.807, 2.05) is 0 Å². The fourth-order valence-electron chi connectivity index (χ4n) is 1.78. The summed E-state index contributed by atoms with van der Waals surface area (Å²) in [6, 6.07) is 0. The standard InChI is InChI=1S/C12H18O3/c1-3-5-6-9(4-2)7-10-8-11(13)15-12(10)14/h8-9H,3-7H2,1-2H3. The molecule has 0 saturated carbocycles. The normalized spacial score (nSPS) is 17.6. The highest BCUT2D eigenvalue weighted by Gasteiger charge is 2.25. The first-order chi connectivity index (χ1) is 7.17. The van der Waals surface area contributed by atoms with Gasteiger partial charge >= 0.3 is 11.9 Å². The van der Waals surface area contributed by atoms with E-state index in [1.54, 1.807) is 0 Å². The Hall–Kier alpha value is -1.12. The Kier molecular flexibility index (Phi) is 4.53. The first-order valence-corrected chi connectivity index (χ1v) is 5.64. The van der Waals surface area contributed by atoms with Gasteiger partial charge in [-0.05, 0) is 12.3 Å². The van der Waals surface area contributed by atoms with Crippen molar-refractivity contribution in [2.24, 2.45) is 5.92 Å². The highest BCUT2D eigenvalue weighted by molar-refractivity contribution is 6.08. The lowest BCUT2D eigenvalue weighted by atomic mass is 9.92. The number of carbonyl (C=O) groups is 2. The molecule has 1 aliphatic heterocycles. The molecule has 0 aromatic heterocycles. The van der Waals surface area contributed by atoms with Gasteiger partial charge in [-0.1, -0.05) is 39.5 Å². The van der Waals surface area contributed by atoms with Gasteiger partial charge in [0.2, 0.25) is 0 Å². The van der Waals surface area contributed by atoms with Crippen LogP contribution in [0.15, 0.2) is 11.6 Å². The topological polar surface area (TPSA) is 43.4 Å². The Morgan fingerprint density at radius 1 is 1.33 bits per heavy atom. The van der Waals surface area contributed by atoms with E-state index >= 15 is 0 Å². The SMILES string of the molecule is CCCCC(CC)CC1=CC(=O)OC1=O. The van der Waals surface area contributed by atoms with Gasteiger partial charge in [0.15, 0.2) is 0 Å². The smallest absolute Gasteiger partial charge is 0.342 e. The van der Waals surface area contributed by atoms with Crippen LogP contribution in [-0.2, 0) is 14.3 Å². The van der Waals surface area contributed by atoms with Crippen LogP contribution in [0.3, 0.4) is 0 Å². The molecule has 0 N–H and O–H groups in total. The van der Waals surface area contributed by atoms with Gasteiger partial charge in [-0.25, -0.2) is 9.59 Å². The maximum absolute atomic E-state index is 11.2. The van der Waals surface area contributed by atoms with Crippen molar-refractivity contribution in [2.75, 3.05) is 0 Å². The number of rotatable bonds is 6. The van der Waals surface area contributed by atoms with Crippen LogP contribution in [0.1, 0.15) is 46.0 Å². The number of cyclic esters (lactones) is 2. The zero-order valence-electron chi connectivity index (χ0n) is 9.41. The molecule has 0 fully saturated rings. The van der Waals surface area contributed by atoms with Crippen LogP contribution in [0.4, 0.5) is 0 Å². The Morgan fingerprint density at radius 3 is 2.53 bits per heavy atom. The van der Waals surface area contributed by atoms with Crippen LogP contribution in [-0.4, -0.2) is 11.9 Å². The Balaban J connectivity index is 2.47. The molecule has 0 saturated heterocycles. The maximum atomic E-state index is 11.2. The van der Waals surface area contributed by atoms with Crippen LogP contribution in [0.2, 0.25) is 0 Å². The Morgan fingerprint density at radius 2 is 2.07 bits per heavy atom. The summed E-state index contributed by atoms with van der Waals surface area (Å²) in [5.74, 6) is -0.468. The van der Waals surface area contributed by atoms with E-state index in [2.05, 4.69) is 18.6 Å². The molecule has 15 heavy (non-hydrogen) atoms. The summed E-state index contributed by atoms with van der Waals surface area (Å²) >= 11 is 0. The van der Waals surface area contributed by atoms with Gasteiger partial charge in [-0.2, -0.15) is 0 Å². The molecule has 0 aromatic rings. The predicted octanol–water partition coefficient (Wildman–Crippen LogP) is 2.60. The lowest BCUT2D eigenvalue weighted by molar-refractivity contribution is -0.150. The van der Waals surface area contributed by atoms with Crippen molar-refractivity contribution >= 4 is 11.9 Å². The molecular formula is C12H18O3. The third-order valence-corrected chi connectivity index (χ3v) is 2.80. The zero-order chi connectivity index (χ0) is 11.3. The number of carbonyl (C=O) groups excluding carboxylic acids is 2. The molecule has 84 valence electrons. The fraction of sp³-hybridized carbons (Fsp3) is 0.667. The molecule has 1 atom stereocenters. The van der Waals surface area contributed by atoms with Crippen LogP contribution in [0.25, 0.3) is 0 Å². The van der Waals surface area contributed by atoms with Crippen LogP contribution in [0.5, 0.6) is 0 Å². The van der Waals surface area contributed by atoms with Crippen molar-refractivity contribution in [3.05, 3.63) is 11.6 Å². The first kappa shape index (κ1) is 12.0. The van der Waals surface area contributed by atoms with E-state index in [1.165, 1.54) is 18.9 Å². The average molecular weight is 210 g/mol. The van der Waals surface area contributed by atoms with Gasteiger partial charge < -0.3 is 4.74 Å². The molecule has 0 radical (unpaired) electrons. The third kappa shape index (κ3) is 3.50. The van der Waals surface area contributed by atoms with Crippen molar-refractivity contribution < 1.29 is 14.3 Å². The summed E-state index contributed by atoms with van der Waals surface area (Å²) in [7, 11) is 0. The molecular weight excluding hydrogens is 192 g/mol. The number of hydrogen-bond acceptors (Lipinski definition) is 3. The van der Waals surface area contributed by atoms with Gasteiger partial charge in [-0.15, -0.1) is 0 Å². The van der Waals surface area contributed by atoms with Crippen LogP contribution < -0.4 is 0 Å². The van der Waals surface area contributed by atoms with E-state index < -0.39 is 11.9 Å². The minimum atomic E-state index is -0.514. The number of ether oxygens (including phenoxy) is 1. The third-order valence-electron chi connectivity index (χ3n) is 2.80. The summed E-state index contributed by atoms with van der Waals surface area (Å²) in [6.45, 7) is 4.27. The quantitative estimate of drug-likeness (QED) is 0.500. The molecule has 0 bridgehead atoms. The Bertz CT molecular complexity index is 279. The molecule has 3 heteroatoms. The highest BCUT2D eigenvalue weighted by atomic mass is 16.6. The van der Waals surface area contributed by atoms with E-state index in [-0.39, 0.29) is 0 Å². The molecule has 1 aliphatic rings. The zero-order valence-corrected chi connectivity index (χ0v) is 9.41. The summed E-state index contributed by atoms with van der Waals surface area (Å²) in [5.41, 5.74) is 0.544. The van der Waals surface area contributed by atoms with Gasteiger partial charge in [-0.3, -0.25) is 0 Å². The second-order valence-corrected chi connectivity index (χ2v) is 4.00. The van der Waals surface area contributed by atoms with Crippen LogP contribution in [0, 0.1) is 5.92 Å². The summed E-state index contributed by atoms with van der Waals surface area (Å²) in [4.78, 5) is 22.0. The molecule has 0 amide bonds. The van der Waals surface area contributed by atoms with E-state index in [9.17, 15) is 9.59 Å². The summed E-state index contributed by atoms with van der Waals surface area (Å²) in [5, 5.41) is 0. The molecule has 1 heterocycles. The van der Waals surface area contributed by atoms with Gasteiger partial charge in [0.25, 0.3) is 0 Å². The predicted molar refractivity (Wildman–Crippen MR) is 57.1 cm³/mol. The van der Waals surface area contributed by atoms with Crippen molar-refractivity contribution in [1.82, 2.24) is 0 Å². The molecule has 0 spiro atoms. The van der Waals surface area contributed by atoms with E-state index in [0.29, 0.717) is 17.9 Å². The van der Waals surface area contributed by atoms with Crippen molar-refractivity contribution in [3.63, 3.8) is 0 Å². The highest BCUT2D eigenvalue weighted by Crippen LogP contribution is 2.24. The minimum Gasteiger partial charge on any atom is -0.386 e. The monoisotopic (exact) mass is 210 g/mol. The molecule has 1 unspecified atom stereocenters. The lowest BCUT2D eigenvalue weighted by Gasteiger charge is -2.13. The second-order valence-electron chi connectivity index (χ2n) is 4.00. The first-order valence-electron chi connectivity index (χ1n) is 5.64. The average Bonchev–Trinajstić information content (AvgIpc) is 2.52. The fourth-order valence-corrected chi connectivity index (χ4v) is 1.78. The molecule has 0 aliphatic carbocycles. The minimum absolute atomic E-state index is 0.449. The second kappa shape index (κ2) is 5.69. The largest absolute Gasteiger partial charge is 0.386 e. The number of esters is 2.